The summed E-state index contributed by atoms with van der Waals surface area (Å²) in [6.45, 7) is 4.33. The van der Waals surface area contributed by atoms with Gasteiger partial charge in [0.15, 0.2) is 0 Å². The van der Waals surface area contributed by atoms with Crippen LogP contribution >= 0.6 is 0 Å². The number of benzene rings is 2. The van der Waals surface area contributed by atoms with Gasteiger partial charge in [-0.05, 0) is 69.0 Å². The fourth-order valence-electron chi connectivity index (χ4n) is 4.01. The molecule has 1 fully saturated rings. The molecule has 9 heteroatoms. The molecule has 0 aliphatic carbocycles. The average molecular weight is 476 g/mol. The highest BCUT2D eigenvalue weighted by molar-refractivity contribution is 5.97. The van der Waals surface area contributed by atoms with E-state index in [1.807, 2.05) is 13.8 Å². The van der Waals surface area contributed by atoms with Crippen LogP contribution in [0.2, 0.25) is 0 Å². The fraction of sp³-hybridized carbons (Fsp3) is 0.400. The number of amides is 3. The highest BCUT2D eigenvalue weighted by Crippen LogP contribution is 2.29. The van der Waals surface area contributed by atoms with Crippen molar-refractivity contribution in [3.05, 3.63) is 71.3 Å². The lowest BCUT2D eigenvalue weighted by Gasteiger charge is -2.36. The van der Waals surface area contributed by atoms with Crippen molar-refractivity contribution in [2.45, 2.75) is 44.9 Å². The van der Waals surface area contributed by atoms with E-state index in [9.17, 15) is 27.6 Å². The van der Waals surface area contributed by atoms with Crippen molar-refractivity contribution in [2.24, 2.45) is 5.92 Å². The number of nitrogens with zero attached hydrogens (tertiary/aromatic N) is 1. The van der Waals surface area contributed by atoms with Gasteiger partial charge in [0.25, 0.3) is 11.8 Å². The van der Waals surface area contributed by atoms with Gasteiger partial charge in [-0.3, -0.25) is 14.4 Å². The molecule has 1 aliphatic heterocycles. The minimum absolute atomic E-state index is 0.107. The average Bonchev–Trinajstić information content (AvgIpc) is 2.81. The molecule has 1 aliphatic rings. The lowest BCUT2D eigenvalue weighted by atomic mass is 9.88. The summed E-state index contributed by atoms with van der Waals surface area (Å²) < 4.78 is 38.3. The molecule has 3 rings (SSSR count). The lowest BCUT2D eigenvalue weighted by Crippen LogP contribution is -2.54. The van der Waals surface area contributed by atoms with Crippen LogP contribution in [0.1, 0.15) is 53.0 Å². The molecule has 1 atom stereocenters. The molecular weight excluding hydrogens is 447 g/mol. The molecule has 1 saturated heterocycles. The number of hydrogen-bond acceptors (Lipinski definition) is 3. The zero-order chi connectivity index (χ0) is 24.9. The Morgan fingerprint density at radius 1 is 0.882 bits per heavy atom. The Morgan fingerprint density at radius 3 is 2.00 bits per heavy atom. The predicted molar refractivity (Wildman–Crippen MR) is 121 cm³/mol. The second-order valence-electron chi connectivity index (χ2n) is 8.69. The van der Waals surface area contributed by atoms with E-state index in [4.69, 9.17) is 0 Å². The summed E-state index contributed by atoms with van der Waals surface area (Å²) in [6, 6.07) is 11.9. The van der Waals surface area contributed by atoms with E-state index in [1.165, 1.54) is 12.1 Å². The highest BCUT2D eigenvalue weighted by atomic mass is 19.4. The summed E-state index contributed by atoms with van der Waals surface area (Å²) in [5, 5.41) is 5.69. The van der Waals surface area contributed by atoms with Crippen molar-refractivity contribution in [2.75, 3.05) is 13.1 Å². The molecule has 0 saturated carbocycles. The first-order valence-corrected chi connectivity index (χ1v) is 11.2. The number of carbonyl (C=O) groups is 3. The van der Waals surface area contributed by atoms with Crippen molar-refractivity contribution in [3.63, 3.8) is 0 Å². The van der Waals surface area contributed by atoms with E-state index in [1.54, 1.807) is 35.2 Å². The third-order valence-corrected chi connectivity index (χ3v) is 5.79. The molecule has 6 nitrogen and oxygen atoms in total. The minimum Gasteiger partial charge on any atom is -0.352 e. The summed E-state index contributed by atoms with van der Waals surface area (Å²) >= 11 is 0. The Labute approximate surface area is 196 Å². The molecular formula is C25H28F3N3O3. The lowest BCUT2D eigenvalue weighted by molar-refractivity contribution is -0.137. The number of piperidine rings is 1. The minimum atomic E-state index is -4.46. The largest absolute Gasteiger partial charge is 0.416 e. The second-order valence-corrected chi connectivity index (χ2v) is 8.69. The van der Waals surface area contributed by atoms with Gasteiger partial charge in [-0.25, -0.2) is 0 Å². The molecule has 3 amide bonds. The van der Waals surface area contributed by atoms with Gasteiger partial charge in [0.2, 0.25) is 5.91 Å². The van der Waals surface area contributed by atoms with E-state index >= 15 is 0 Å². The number of hydrogen-bond donors (Lipinski definition) is 2. The standard InChI is InChI=1S/C25H28F3N3O3/c1-16(2)29-23(33)21(30-22(32)18-6-4-3-5-7-18)17-12-14-31(15-13-17)24(34)19-8-10-20(11-9-19)25(26,27)28/h3-11,16-17,21H,12-15H2,1-2H3,(H,29,33)(H,30,32)/t21-/m0/s1. The summed E-state index contributed by atoms with van der Waals surface area (Å²) in [5.41, 5.74) is -0.186. The van der Waals surface area contributed by atoms with Crippen molar-refractivity contribution in [3.8, 4) is 0 Å². The van der Waals surface area contributed by atoms with E-state index in [0.717, 1.165) is 12.1 Å². The zero-order valence-electron chi connectivity index (χ0n) is 19.1. The van der Waals surface area contributed by atoms with Crippen LogP contribution in [0.5, 0.6) is 0 Å². The Balaban J connectivity index is 1.66. The topological polar surface area (TPSA) is 78.5 Å². The number of carbonyl (C=O) groups excluding carboxylic acids is 3. The molecule has 0 bridgehead atoms. The molecule has 2 N–H and O–H groups in total. The van der Waals surface area contributed by atoms with Gasteiger partial charge in [0.1, 0.15) is 6.04 Å². The van der Waals surface area contributed by atoms with Crippen molar-refractivity contribution in [1.82, 2.24) is 15.5 Å². The van der Waals surface area contributed by atoms with Gasteiger partial charge in [0.05, 0.1) is 5.56 Å². The Morgan fingerprint density at radius 2 is 1.47 bits per heavy atom. The molecule has 0 radical (unpaired) electrons. The predicted octanol–water partition coefficient (Wildman–Crippen LogP) is 3.88. The van der Waals surface area contributed by atoms with Crippen LogP contribution < -0.4 is 10.6 Å². The van der Waals surface area contributed by atoms with Crippen molar-refractivity contribution in [1.29, 1.82) is 0 Å². The van der Waals surface area contributed by atoms with Crippen LogP contribution in [-0.2, 0) is 11.0 Å². The van der Waals surface area contributed by atoms with Crippen molar-refractivity contribution < 1.29 is 27.6 Å². The first kappa shape index (κ1) is 25.3. The van der Waals surface area contributed by atoms with Crippen LogP contribution in [0.4, 0.5) is 13.2 Å². The maximum Gasteiger partial charge on any atom is 0.416 e. The number of likely N-dealkylation sites (tertiary alicyclic amines) is 1. The SMILES string of the molecule is CC(C)NC(=O)[C@@H](NC(=O)c1ccccc1)C1CCN(C(=O)c2ccc(C(F)(F)F)cc2)CC1. The van der Waals surface area contributed by atoms with Crippen LogP contribution in [0.25, 0.3) is 0 Å². The second kappa shape index (κ2) is 10.7. The van der Waals surface area contributed by atoms with Gasteiger partial charge in [-0.2, -0.15) is 13.2 Å². The molecule has 0 aromatic heterocycles. The maximum absolute atomic E-state index is 12.9. The third-order valence-electron chi connectivity index (χ3n) is 5.79. The van der Waals surface area contributed by atoms with Gasteiger partial charge >= 0.3 is 6.18 Å². The Kier molecular flexibility index (Phi) is 7.96. The molecule has 0 unspecified atom stereocenters. The third kappa shape index (κ3) is 6.36. The molecule has 34 heavy (non-hydrogen) atoms. The summed E-state index contributed by atoms with van der Waals surface area (Å²) in [4.78, 5) is 39.9. The molecule has 2 aromatic carbocycles. The molecule has 1 heterocycles. The van der Waals surface area contributed by atoms with Crippen LogP contribution in [0.15, 0.2) is 54.6 Å². The van der Waals surface area contributed by atoms with Crippen LogP contribution in [-0.4, -0.2) is 47.8 Å². The normalized spacial score (nSPS) is 15.6. The number of alkyl halides is 3. The van der Waals surface area contributed by atoms with Gasteiger partial charge in [0, 0.05) is 30.3 Å². The van der Waals surface area contributed by atoms with E-state index in [-0.39, 0.29) is 35.2 Å². The monoisotopic (exact) mass is 475 g/mol. The zero-order valence-corrected chi connectivity index (χ0v) is 19.1. The molecule has 0 spiro atoms. The quantitative estimate of drug-likeness (QED) is 0.666. The van der Waals surface area contributed by atoms with E-state index < -0.39 is 17.8 Å². The van der Waals surface area contributed by atoms with Gasteiger partial charge in [-0.1, -0.05) is 18.2 Å². The molecule has 182 valence electrons. The summed E-state index contributed by atoms with van der Waals surface area (Å²) in [5.74, 6) is -1.19. The highest BCUT2D eigenvalue weighted by Gasteiger charge is 2.35. The number of nitrogens with one attached hydrogen (secondary N) is 2. The maximum atomic E-state index is 12.9. The van der Waals surface area contributed by atoms with E-state index in [0.29, 0.717) is 31.5 Å². The first-order valence-electron chi connectivity index (χ1n) is 11.2. The summed E-state index contributed by atoms with van der Waals surface area (Å²) in [7, 11) is 0. The molecule has 2 aromatic rings. The summed E-state index contributed by atoms with van der Waals surface area (Å²) in [6.07, 6.45) is -3.52. The number of rotatable bonds is 6. The Hall–Kier alpha value is -3.36. The van der Waals surface area contributed by atoms with Gasteiger partial charge < -0.3 is 15.5 Å². The van der Waals surface area contributed by atoms with Crippen LogP contribution in [0, 0.1) is 5.92 Å². The first-order chi connectivity index (χ1) is 16.1. The fourth-order valence-corrected chi connectivity index (χ4v) is 4.01. The van der Waals surface area contributed by atoms with Crippen LogP contribution in [0.3, 0.4) is 0 Å². The van der Waals surface area contributed by atoms with E-state index in [2.05, 4.69) is 10.6 Å². The van der Waals surface area contributed by atoms with Gasteiger partial charge in [-0.15, -0.1) is 0 Å². The number of halogens is 3. The smallest absolute Gasteiger partial charge is 0.352 e. The Bertz CT molecular complexity index is 1000. The van der Waals surface area contributed by atoms with Crippen molar-refractivity contribution >= 4 is 17.7 Å².